The number of benzene rings is 2. The van der Waals surface area contributed by atoms with E-state index in [0.29, 0.717) is 0 Å². The van der Waals surface area contributed by atoms with Crippen molar-refractivity contribution in [2.75, 3.05) is 19.0 Å². The monoisotopic (exact) mass is 376 g/mol. The number of anilines is 1. The first-order valence-electron chi connectivity index (χ1n) is 9.40. The first-order chi connectivity index (χ1) is 13.6. The van der Waals surface area contributed by atoms with E-state index >= 15 is 0 Å². The maximum atomic E-state index is 11.2. The van der Waals surface area contributed by atoms with Crippen LogP contribution in [0.2, 0.25) is 0 Å². The molecule has 1 atom stereocenters. The first-order valence-corrected chi connectivity index (χ1v) is 9.40. The summed E-state index contributed by atoms with van der Waals surface area (Å²) in [6, 6.07) is 16.3. The van der Waals surface area contributed by atoms with Gasteiger partial charge in [0, 0.05) is 37.8 Å². The van der Waals surface area contributed by atoms with Crippen molar-refractivity contribution in [2.45, 2.75) is 25.9 Å². The number of hydrogen-bond donors (Lipinski definition) is 2. The average Bonchev–Trinajstić information content (AvgIpc) is 3.17. The number of hydrogen-bond acceptors (Lipinski definition) is 4. The molecule has 4 rings (SSSR count). The predicted octanol–water partition coefficient (Wildman–Crippen LogP) is 3.52. The largest absolute Gasteiger partial charge is 0.497 e. The van der Waals surface area contributed by atoms with E-state index in [1.54, 1.807) is 13.4 Å². The van der Waals surface area contributed by atoms with Gasteiger partial charge < -0.3 is 15.0 Å². The molecule has 6 nitrogen and oxygen atoms in total. The highest BCUT2D eigenvalue weighted by molar-refractivity contribution is 5.88. The van der Waals surface area contributed by atoms with Crippen LogP contribution in [0.1, 0.15) is 35.5 Å². The molecule has 2 N–H and O–H groups in total. The van der Waals surface area contributed by atoms with Crippen molar-refractivity contribution in [3.05, 3.63) is 77.4 Å². The van der Waals surface area contributed by atoms with E-state index < -0.39 is 0 Å². The van der Waals surface area contributed by atoms with Gasteiger partial charge in [0.15, 0.2) is 0 Å². The summed E-state index contributed by atoms with van der Waals surface area (Å²) in [5, 5.41) is 2.81. The number of nitrogens with one attached hydrogen (secondary N) is 2. The van der Waals surface area contributed by atoms with Crippen LogP contribution in [0.3, 0.4) is 0 Å². The van der Waals surface area contributed by atoms with E-state index in [1.807, 2.05) is 24.3 Å². The van der Waals surface area contributed by atoms with Crippen LogP contribution in [0.4, 0.5) is 5.69 Å². The quantitative estimate of drug-likeness (QED) is 0.715. The van der Waals surface area contributed by atoms with Crippen LogP contribution in [-0.4, -0.2) is 34.4 Å². The molecule has 0 spiro atoms. The van der Waals surface area contributed by atoms with Gasteiger partial charge in [0.25, 0.3) is 0 Å². The van der Waals surface area contributed by atoms with Gasteiger partial charge in [0.1, 0.15) is 5.75 Å². The Labute approximate surface area is 164 Å². The number of methoxy groups -OCH3 is 1. The highest BCUT2D eigenvalue weighted by atomic mass is 16.5. The molecule has 6 heteroatoms. The molecule has 0 radical (unpaired) electrons. The lowest BCUT2D eigenvalue weighted by molar-refractivity contribution is -0.114. The van der Waals surface area contributed by atoms with E-state index in [1.165, 1.54) is 23.7 Å². The summed E-state index contributed by atoms with van der Waals surface area (Å²) in [6.45, 7) is 3.25. The predicted molar refractivity (Wildman–Crippen MR) is 108 cm³/mol. The molecule has 0 saturated heterocycles. The van der Waals surface area contributed by atoms with Gasteiger partial charge in [-0.2, -0.15) is 0 Å². The van der Waals surface area contributed by atoms with Gasteiger partial charge in [0.05, 0.1) is 25.2 Å². The minimum atomic E-state index is -0.0621. The Kier molecular flexibility index (Phi) is 5.12. The van der Waals surface area contributed by atoms with Crippen molar-refractivity contribution in [3.63, 3.8) is 0 Å². The molecule has 1 aromatic heterocycles. The minimum absolute atomic E-state index is 0.0621. The molecule has 1 amide bonds. The number of rotatable bonds is 5. The molecule has 1 aliphatic rings. The molecule has 0 aliphatic carbocycles. The topological polar surface area (TPSA) is 70.2 Å². The number of nitrogens with zero attached hydrogens (tertiary/aromatic N) is 2. The van der Waals surface area contributed by atoms with Crippen molar-refractivity contribution in [3.8, 4) is 5.75 Å². The van der Waals surface area contributed by atoms with E-state index in [9.17, 15) is 4.79 Å². The zero-order chi connectivity index (χ0) is 19.5. The van der Waals surface area contributed by atoms with Gasteiger partial charge >= 0.3 is 0 Å². The number of fused-ring (bicyclic) bond motifs is 1. The van der Waals surface area contributed by atoms with E-state index in [0.717, 1.165) is 36.6 Å². The maximum Gasteiger partial charge on any atom is 0.221 e. The number of carbonyl (C=O) groups excluding carboxylic acids is 1. The summed E-state index contributed by atoms with van der Waals surface area (Å²) in [4.78, 5) is 21.6. The molecule has 28 heavy (non-hydrogen) atoms. The van der Waals surface area contributed by atoms with Crippen LogP contribution in [0.5, 0.6) is 5.75 Å². The standard InChI is InChI=1S/C22H24N4O2/c1-15(27)25-18-8-6-16(7-9-18)13-26-11-10-20-21(24-14-23-20)22(26)17-4-3-5-19(12-17)28-2/h3-9,12,14,22H,10-11,13H2,1-2H3,(H,23,24)(H,25,27)/t22-/m1/s1. The van der Waals surface area contributed by atoms with Gasteiger partial charge in [-0.25, -0.2) is 4.98 Å². The number of aromatic nitrogens is 2. The fourth-order valence-electron chi connectivity index (χ4n) is 3.81. The summed E-state index contributed by atoms with van der Waals surface area (Å²) in [6.07, 6.45) is 2.73. The summed E-state index contributed by atoms with van der Waals surface area (Å²) in [5.74, 6) is 0.785. The Morgan fingerprint density at radius 2 is 2.11 bits per heavy atom. The van der Waals surface area contributed by atoms with E-state index in [-0.39, 0.29) is 11.9 Å². The fraction of sp³-hybridized carbons (Fsp3) is 0.273. The van der Waals surface area contributed by atoms with Crippen LogP contribution in [0.25, 0.3) is 0 Å². The minimum Gasteiger partial charge on any atom is -0.497 e. The molecule has 1 aliphatic heterocycles. The Bertz CT molecular complexity index is 965. The normalized spacial score (nSPS) is 16.4. The lowest BCUT2D eigenvalue weighted by Gasteiger charge is -2.35. The molecule has 0 fully saturated rings. The van der Waals surface area contributed by atoms with Crippen LogP contribution in [-0.2, 0) is 17.8 Å². The highest BCUT2D eigenvalue weighted by Gasteiger charge is 2.31. The molecule has 3 aromatic rings. The maximum absolute atomic E-state index is 11.2. The SMILES string of the molecule is COc1cccc([C@@H]2c3nc[nH]c3CCN2Cc2ccc(NC(C)=O)cc2)c1. The molecule has 0 bridgehead atoms. The van der Waals surface area contributed by atoms with Crippen molar-refractivity contribution >= 4 is 11.6 Å². The molecular formula is C22H24N4O2. The summed E-state index contributed by atoms with van der Waals surface area (Å²) in [7, 11) is 1.69. The van der Waals surface area contributed by atoms with Gasteiger partial charge in [-0.05, 0) is 35.4 Å². The van der Waals surface area contributed by atoms with Crippen LogP contribution in [0.15, 0.2) is 54.9 Å². The third kappa shape index (κ3) is 3.77. The van der Waals surface area contributed by atoms with E-state index in [4.69, 9.17) is 4.74 Å². The van der Waals surface area contributed by atoms with Crippen molar-refractivity contribution < 1.29 is 9.53 Å². The van der Waals surface area contributed by atoms with Gasteiger partial charge in [-0.15, -0.1) is 0 Å². The van der Waals surface area contributed by atoms with Gasteiger partial charge in [-0.1, -0.05) is 24.3 Å². The Hall–Kier alpha value is -3.12. The molecule has 0 saturated carbocycles. The van der Waals surface area contributed by atoms with Crippen LogP contribution >= 0.6 is 0 Å². The van der Waals surface area contributed by atoms with Crippen molar-refractivity contribution in [1.29, 1.82) is 0 Å². The molecule has 0 unspecified atom stereocenters. The van der Waals surface area contributed by atoms with Gasteiger partial charge in [0.2, 0.25) is 5.91 Å². The Morgan fingerprint density at radius 1 is 1.29 bits per heavy atom. The highest BCUT2D eigenvalue weighted by Crippen LogP contribution is 2.35. The smallest absolute Gasteiger partial charge is 0.221 e. The number of amides is 1. The second kappa shape index (κ2) is 7.86. The van der Waals surface area contributed by atoms with Crippen LogP contribution < -0.4 is 10.1 Å². The molecule has 2 aromatic carbocycles. The summed E-state index contributed by atoms with van der Waals surface area (Å²) in [5.41, 5.74) is 5.46. The number of imidazole rings is 1. The molecular weight excluding hydrogens is 352 g/mol. The number of ether oxygens (including phenoxy) is 1. The third-order valence-corrected chi connectivity index (χ3v) is 5.09. The zero-order valence-corrected chi connectivity index (χ0v) is 16.1. The summed E-state index contributed by atoms with van der Waals surface area (Å²) >= 11 is 0. The lowest BCUT2D eigenvalue weighted by atomic mass is 9.95. The van der Waals surface area contributed by atoms with Gasteiger partial charge in [-0.3, -0.25) is 9.69 Å². The zero-order valence-electron chi connectivity index (χ0n) is 16.1. The number of H-pyrrole nitrogens is 1. The first kappa shape index (κ1) is 18.3. The third-order valence-electron chi connectivity index (χ3n) is 5.09. The van der Waals surface area contributed by atoms with E-state index in [2.05, 4.69) is 44.5 Å². The number of carbonyl (C=O) groups is 1. The molecule has 2 heterocycles. The Balaban J connectivity index is 1.62. The lowest BCUT2D eigenvalue weighted by Crippen LogP contribution is -2.35. The summed E-state index contributed by atoms with van der Waals surface area (Å²) < 4.78 is 5.43. The molecule has 144 valence electrons. The second-order valence-corrected chi connectivity index (χ2v) is 7.04. The average molecular weight is 376 g/mol. The Morgan fingerprint density at radius 3 is 2.86 bits per heavy atom. The van der Waals surface area contributed by atoms with Crippen molar-refractivity contribution in [2.24, 2.45) is 0 Å². The van der Waals surface area contributed by atoms with Crippen molar-refractivity contribution in [1.82, 2.24) is 14.9 Å². The van der Waals surface area contributed by atoms with Crippen LogP contribution in [0, 0.1) is 0 Å². The number of aromatic amines is 1. The second-order valence-electron chi connectivity index (χ2n) is 7.04. The fourth-order valence-corrected chi connectivity index (χ4v) is 3.81.